The fraction of sp³-hybridized carbons (Fsp3) is 0.118. The highest BCUT2D eigenvalue weighted by Crippen LogP contribution is 2.09. The Hall–Kier alpha value is -2.95. The Labute approximate surface area is 129 Å². The predicted octanol–water partition coefficient (Wildman–Crippen LogP) is 2.72. The molecule has 112 valence electrons. The number of aryl methyl sites for hydroxylation is 1. The van der Waals surface area contributed by atoms with Crippen LogP contribution in [-0.2, 0) is 4.79 Å². The minimum Gasteiger partial charge on any atom is -0.326 e. The van der Waals surface area contributed by atoms with E-state index in [4.69, 9.17) is 0 Å². The van der Waals surface area contributed by atoms with Crippen molar-refractivity contribution in [3.8, 4) is 0 Å². The lowest BCUT2D eigenvalue weighted by Gasteiger charge is -2.03. The Bertz CT molecular complexity index is 706. The van der Waals surface area contributed by atoms with Crippen LogP contribution in [0.15, 0.2) is 53.6 Å². The second kappa shape index (κ2) is 7.17. The van der Waals surface area contributed by atoms with Crippen molar-refractivity contribution in [3.63, 3.8) is 0 Å². The van der Waals surface area contributed by atoms with Crippen molar-refractivity contribution in [2.24, 2.45) is 5.10 Å². The van der Waals surface area contributed by atoms with Crippen LogP contribution >= 0.6 is 0 Å². The Kier molecular flexibility index (Phi) is 5.03. The zero-order chi connectivity index (χ0) is 15.9. The number of carbonyl (C=O) groups excluding carboxylic acids is 2. The van der Waals surface area contributed by atoms with Gasteiger partial charge < -0.3 is 5.32 Å². The van der Waals surface area contributed by atoms with Gasteiger partial charge in [0.1, 0.15) is 0 Å². The van der Waals surface area contributed by atoms with E-state index < -0.39 is 0 Å². The number of nitrogens with zero attached hydrogens (tertiary/aromatic N) is 1. The summed E-state index contributed by atoms with van der Waals surface area (Å²) < 4.78 is 0. The molecule has 5 heteroatoms. The van der Waals surface area contributed by atoms with Crippen LogP contribution in [0, 0.1) is 6.92 Å². The Balaban J connectivity index is 1.96. The highest BCUT2D eigenvalue weighted by atomic mass is 16.2. The van der Waals surface area contributed by atoms with Crippen LogP contribution in [-0.4, -0.2) is 18.0 Å². The molecule has 0 aliphatic rings. The lowest BCUT2D eigenvalue weighted by Crippen LogP contribution is -2.17. The van der Waals surface area contributed by atoms with Crippen LogP contribution in [0.25, 0.3) is 0 Å². The molecule has 0 fully saturated rings. The molecule has 0 unspecified atom stereocenters. The standard InChI is InChI=1S/C17H17N3O2/c1-12-4-3-5-14(10-12)11-18-20-17(22)15-6-8-16(9-7-15)19-13(2)21/h3-11H,1-2H3,(H,19,21)(H,20,22). The summed E-state index contributed by atoms with van der Waals surface area (Å²) in [4.78, 5) is 22.8. The van der Waals surface area contributed by atoms with Gasteiger partial charge in [0, 0.05) is 18.2 Å². The van der Waals surface area contributed by atoms with E-state index in [1.54, 1.807) is 30.5 Å². The van der Waals surface area contributed by atoms with E-state index in [0.717, 1.165) is 11.1 Å². The maximum atomic E-state index is 11.9. The molecule has 0 atom stereocenters. The van der Waals surface area contributed by atoms with Crippen LogP contribution in [0.3, 0.4) is 0 Å². The van der Waals surface area contributed by atoms with Gasteiger partial charge in [0.2, 0.25) is 5.91 Å². The van der Waals surface area contributed by atoms with E-state index in [0.29, 0.717) is 11.3 Å². The van der Waals surface area contributed by atoms with Crippen LogP contribution in [0.2, 0.25) is 0 Å². The molecule has 2 amide bonds. The second-order valence-electron chi connectivity index (χ2n) is 4.87. The van der Waals surface area contributed by atoms with Gasteiger partial charge in [0.15, 0.2) is 0 Å². The van der Waals surface area contributed by atoms with E-state index >= 15 is 0 Å². The fourth-order valence-corrected chi connectivity index (χ4v) is 1.89. The molecule has 0 saturated heterocycles. The molecule has 2 aromatic carbocycles. The van der Waals surface area contributed by atoms with E-state index in [9.17, 15) is 9.59 Å². The highest BCUT2D eigenvalue weighted by Gasteiger charge is 2.04. The van der Waals surface area contributed by atoms with Gasteiger partial charge >= 0.3 is 0 Å². The van der Waals surface area contributed by atoms with Gasteiger partial charge in [-0.25, -0.2) is 5.43 Å². The van der Waals surface area contributed by atoms with Crippen molar-refractivity contribution in [1.82, 2.24) is 5.43 Å². The predicted molar refractivity (Wildman–Crippen MR) is 87.0 cm³/mol. The van der Waals surface area contributed by atoms with Crippen molar-refractivity contribution in [2.75, 3.05) is 5.32 Å². The number of rotatable bonds is 4. The van der Waals surface area contributed by atoms with Gasteiger partial charge in [-0.2, -0.15) is 5.10 Å². The van der Waals surface area contributed by atoms with Gasteiger partial charge in [-0.1, -0.05) is 29.8 Å². The first-order valence-corrected chi connectivity index (χ1v) is 6.82. The average Bonchev–Trinajstić information content (AvgIpc) is 2.47. The molecule has 0 spiro atoms. The normalized spacial score (nSPS) is 10.5. The monoisotopic (exact) mass is 295 g/mol. The summed E-state index contributed by atoms with van der Waals surface area (Å²) in [6, 6.07) is 14.4. The molecule has 0 aromatic heterocycles. The second-order valence-corrected chi connectivity index (χ2v) is 4.87. The average molecular weight is 295 g/mol. The Morgan fingerprint density at radius 3 is 2.45 bits per heavy atom. The molecule has 2 N–H and O–H groups in total. The summed E-state index contributed by atoms with van der Waals surface area (Å²) in [6.07, 6.45) is 1.59. The summed E-state index contributed by atoms with van der Waals surface area (Å²) in [5.41, 5.74) is 5.63. The number of anilines is 1. The maximum absolute atomic E-state index is 11.9. The Morgan fingerprint density at radius 2 is 1.82 bits per heavy atom. The largest absolute Gasteiger partial charge is 0.326 e. The molecule has 2 rings (SSSR count). The van der Waals surface area contributed by atoms with Crippen molar-refractivity contribution < 1.29 is 9.59 Å². The molecule has 0 aliphatic heterocycles. The van der Waals surface area contributed by atoms with Crippen LogP contribution < -0.4 is 10.7 Å². The number of nitrogens with one attached hydrogen (secondary N) is 2. The van der Waals surface area contributed by atoms with E-state index in [1.807, 2.05) is 31.2 Å². The zero-order valence-corrected chi connectivity index (χ0v) is 12.5. The maximum Gasteiger partial charge on any atom is 0.271 e. The third-order valence-electron chi connectivity index (χ3n) is 2.89. The third-order valence-corrected chi connectivity index (χ3v) is 2.89. The molecule has 5 nitrogen and oxygen atoms in total. The summed E-state index contributed by atoms with van der Waals surface area (Å²) in [5.74, 6) is -0.460. The zero-order valence-electron chi connectivity index (χ0n) is 12.5. The van der Waals surface area contributed by atoms with Gasteiger partial charge in [0.25, 0.3) is 5.91 Å². The minimum absolute atomic E-state index is 0.153. The lowest BCUT2D eigenvalue weighted by molar-refractivity contribution is -0.114. The smallest absolute Gasteiger partial charge is 0.271 e. The SMILES string of the molecule is CC(=O)Nc1ccc(C(=O)NN=Cc2cccc(C)c2)cc1. The fourth-order valence-electron chi connectivity index (χ4n) is 1.89. The molecule has 0 bridgehead atoms. The molecule has 0 aliphatic carbocycles. The van der Waals surface area contributed by atoms with Gasteiger partial charge in [-0.15, -0.1) is 0 Å². The number of hydrogen-bond acceptors (Lipinski definition) is 3. The number of carbonyl (C=O) groups is 2. The van der Waals surface area contributed by atoms with Gasteiger partial charge in [-0.3, -0.25) is 9.59 Å². The quantitative estimate of drug-likeness (QED) is 0.672. The molecular weight excluding hydrogens is 278 g/mol. The number of amides is 2. The van der Waals surface area contributed by atoms with Gasteiger partial charge in [0.05, 0.1) is 6.21 Å². The van der Waals surface area contributed by atoms with Crippen molar-refractivity contribution >= 4 is 23.7 Å². The van der Waals surface area contributed by atoms with Crippen LogP contribution in [0.4, 0.5) is 5.69 Å². The summed E-state index contributed by atoms with van der Waals surface area (Å²) in [5, 5.41) is 6.58. The molecule has 2 aromatic rings. The minimum atomic E-state index is -0.307. The summed E-state index contributed by atoms with van der Waals surface area (Å²) >= 11 is 0. The third kappa shape index (κ3) is 4.56. The van der Waals surface area contributed by atoms with E-state index in [1.165, 1.54) is 6.92 Å². The lowest BCUT2D eigenvalue weighted by atomic mass is 10.2. The topological polar surface area (TPSA) is 70.6 Å². The van der Waals surface area contributed by atoms with Crippen LogP contribution in [0.5, 0.6) is 0 Å². The first-order chi connectivity index (χ1) is 10.5. The molecule has 0 radical (unpaired) electrons. The van der Waals surface area contributed by atoms with E-state index in [2.05, 4.69) is 15.8 Å². The molecule has 22 heavy (non-hydrogen) atoms. The van der Waals surface area contributed by atoms with E-state index in [-0.39, 0.29) is 11.8 Å². The number of hydrazone groups is 1. The van der Waals surface area contributed by atoms with Crippen molar-refractivity contribution in [1.29, 1.82) is 0 Å². The van der Waals surface area contributed by atoms with Gasteiger partial charge in [-0.05, 0) is 36.8 Å². The Morgan fingerprint density at radius 1 is 1.09 bits per heavy atom. The number of hydrogen-bond donors (Lipinski definition) is 2. The first-order valence-electron chi connectivity index (χ1n) is 6.82. The first kappa shape index (κ1) is 15.4. The van der Waals surface area contributed by atoms with Crippen LogP contribution in [0.1, 0.15) is 28.4 Å². The van der Waals surface area contributed by atoms with Crippen molar-refractivity contribution in [2.45, 2.75) is 13.8 Å². The summed E-state index contributed by atoms with van der Waals surface area (Å²) in [6.45, 7) is 3.42. The molecular formula is C17H17N3O2. The highest BCUT2D eigenvalue weighted by molar-refractivity contribution is 5.96. The molecule has 0 heterocycles. The molecule has 0 saturated carbocycles. The summed E-state index contributed by atoms with van der Waals surface area (Å²) in [7, 11) is 0. The number of benzene rings is 2. The van der Waals surface area contributed by atoms with Crippen molar-refractivity contribution in [3.05, 3.63) is 65.2 Å².